The van der Waals surface area contributed by atoms with E-state index >= 15 is 0 Å². The van der Waals surface area contributed by atoms with Gasteiger partial charge in [-0.15, -0.1) is 0 Å². The SMILES string of the molecule is CC(=O)Nc1ccc(/C(C)=N/OCC(=O)Nc2ccc(C#N)cc2)cc1. The lowest BCUT2D eigenvalue weighted by molar-refractivity contribution is -0.120. The summed E-state index contributed by atoms with van der Waals surface area (Å²) >= 11 is 0. The first-order valence-corrected chi connectivity index (χ1v) is 7.82. The average molecular weight is 350 g/mol. The highest BCUT2D eigenvalue weighted by molar-refractivity contribution is 5.99. The van der Waals surface area contributed by atoms with Crippen molar-refractivity contribution >= 4 is 28.9 Å². The third-order valence-electron chi connectivity index (χ3n) is 3.32. The van der Waals surface area contributed by atoms with E-state index in [1.165, 1.54) is 6.92 Å². The summed E-state index contributed by atoms with van der Waals surface area (Å²) in [5.41, 5.74) is 3.20. The van der Waals surface area contributed by atoms with Crippen molar-refractivity contribution in [3.8, 4) is 6.07 Å². The number of nitrogens with one attached hydrogen (secondary N) is 2. The largest absolute Gasteiger partial charge is 0.385 e. The second-order valence-electron chi connectivity index (χ2n) is 5.45. The van der Waals surface area contributed by atoms with Gasteiger partial charge in [0, 0.05) is 18.3 Å². The molecule has 0 saturated heterocycles. The van der Waals surface area contributed by atoms with Gasteiger partial charge >= 0.3 is 0 Å². The minimum atomic E-state index is -0.354. The van der Waals surface area contributed by atoms with E-state index in [4.69, 9.17) is 10.1 Å². The van der Waals surface area contributed by atoms with Crippen LogP contribution in [0.1, 0.15) is 25.0 Å². The lowest BCUT2D eigenvalue weighted by Gasteiger charge is -2.06. The lowest BCUT2D eigenvalue weighted by Crippen LogP contribution is -2.17. The van der Waals surface area contributed by atoms with Gasteiger partial charge in [-0.3, -0.25) is 9.59 Å². The maximum absolute atomic E-state index is 11.8. The molecule has 0 atom stereocenters. The summed E-state index contributed by atoms with van der Waals surface area (Å²) in [5.74, 6) is -0.494. The van der Waals surface area contributed by atoms with Gasteiger partial charge < -0.3 is 15.5 Å². The highest BCUT2D eigenvalue weighted by atomic mass is 16.6. The van der Waals surface area contributed by atoms with Crippen LogP contribution in [0, 0.1) is 11.3 Å². The second kappa shape index (κ2) is 8.99. The van der Waals surface area contributed by atoms with E-state index in [0.29, 0.717) is 22.6 Å². The monoisotopic (exact) mass is 350 g/mol. The molecule has 26 heavy (non-hydrogen) atoms. The molecule has 0 bridgehead atoms. The Morgan fingerprint density at radius 3 is 2.15 bits per heavy atom. The number of amides is 2. The highest BCUT2D eigenvalue weighted by Gasteiger charge is 2.04. The van der Waals surface area contributed by atoms with E-state index < -0.39 is 0 Å². The average Bonchev–Trinajstić information content (AvgIpc) is 2.62. The summed E-state index contributed by atoms with van der Waals surface area (Å²) < 4.78 is 0. The molecule has 2 amide bonds. The summed E-state index contributed by atoms with van der Waals surface area (Å²) in [6, 6.07) is 15.6. The van der Waals surface area contributed by atoms with Crippen molar-refractivity contribution in [2.75, 3.05) is 17.2 Å². The molecule has 0 aliphatic heterocycles. The van der Waals surface area contributed by atoms with Crippen LogP contribution in [0.25, 0.3) is 0 Å². The van der Waals surface area contributed by atoms with Crippen LogP contribution in [-0.4, -0.2) is 24.1 Å². The van der Waals surface area contributed by atoms with Crippen LogP contribution < -0.4 is 10.6 Å². The van der Waals surface area contributed by atoms with Gasteiger partial charge in [0.25, 0.3) is 5.91 Å². The van der Waals surface area contributed by atoms with Gasteiger partial charge in [0.2, 0.25) is 5.91 Å². The van der Waals surface area contributed by atoms with Crippen molar-refractivity contribution in [1.29, 1.82) is 5.26 Å². The molecule has 2 rings (SSSR count). The van der Waals surface area contributed by atoms with Gasteiger partial charge in [0.15, 0.2) is 6.61 Å². The van der Waals surface area contributed by atoms with Crippen LogP contribution in [0.5, 0.6) is 0 Å². The van der Waals surface area contributed by atoms with Gasteiger partial charge in [0.05, 0.1) is 17.3 Å². The molecule has 0 saturated carbocycles. The van der Waals surface area contributed by atoms with Crippen LogP contribution in [0.2, 0.25) is 0 Å². The topological polar surface area (TPSA) is 104 Å². The van der Waals surface area contributed by atoms with E-state index in [1.54, 1.807) is 55.5 Å². The number of rotatable bonds is 6. The molecular formula is C19H18N4O3. The number of carbonyl (C=O) groups excluding carboxylic acids is 2. The molecule has 7 heteroatoms. The fourth-order valence-electron chi connectivity index (χ4n) is 2.06. The lowest BCUT2D eigenvalue weighted by atomic mass is 10.1. The van der Waals surface area contributed by atoms with E-state index in [0.717, 1.165) is 5.56 Å². The first kappa shape index (κ1) is 18.7. The maximum Gasteiger partial charge on any atom is 0.265 e. The predicted octanol–water partition coefficient (Wildman–Crippen LogP) is 2.90. The fourth-order valence-corrected chi connectivity index (χ4v) is 2.06. The van der Waals surface area contributed by atoms with Gasteiger partial charge in [-0.25, -0.2) is 0 Å². The number of anilines is 2. The standard InChI is InChI=1S/C19H18N4O3/c1-13(16-5-9-17(10-6-16)21-14(2)24)23-26-12-19(25)22-18-7-3-15(11-20)4-8-18/h3-10H,12H2,1-2H3,(H,21,24)(H,22,25)/b23-13+. The Morgan fingerprint density at radius 2 is 1.58 bits per heavy atom. The molecular weight excluding hydrogens is 332 g/mol. The molecule has 2 aromatic carbocycles. The smallest absolute Gasteiger partial charge is 0.265 e. The Kier molecular flexibility index (Phi) is 6.46. The summed E-state index contributed by atoms with van der Waals surface area (Å²) in [5, 5.41) is 18.0. The zero-order valence-electron chi connectivity index (χ0n) is 14.4. The number of oxime groups is 1. The molecule has 0 unspecified atom stereocenters. The zero-order valence-corrected chi connectivity index (χ0v) is 14.4. The molecule has 0 spiro atoms. The normalized spacial score (nSPS) is 10.6. The third-order valence-corrected chi connectivity index (χ3v) is 3.32. The minimum Gasteiger partial charge on any atom is -0.385 e. The van der Waals surface area contributed by atoms with Gasteiger partial charge in [0.1, 0.15) is 0 Å². The summed E-state index contributed by atoms with van der Waals surface area (Å²) in [6.45, 7) is 2.96. The Hall–Kier alpha value is -3.66. The van der Waals surface area contributed by atoms with Crippen molar-refractivity contribution in [3.05, 3.63) is 59.7 Å². The quantitative estimate of drug-likeness (QED) is 0.617. The van der Waals surface area contributed by atoms with Crippen LogP contribution in [0.4, 0.5) is 11.4 Å². The number of nitriles is 1. The van der Waals surface area contributed by atoms with Gasteiger partial charge in [-0.2, -0.15) is 5.26 Å². The number of benzene rings is 2. The molecule has 132 valence electrons. The van der Waals surface area contributed by atoms with Crippen molar-refractivity contribution < 1.29 is 14.4 Å². The maximum atomic E-state index is 11.8. The van der Waals surface area contributed by atoms with Crippen LogP contribution in [0.15, 0.2) is 53.7 Å². The second-order valence-corrected chi connectivity index (χ2v) is 5.45. The Balaban J connectivity index is 1.85. The van der Waals surface area contributed by atoms with Crippen molar-refractivity contribution in [2.24, 2.45) is 5.16 Å². The molecule has 0 radical (unpaired) electrons. The number of carbonyl (C=O) groups is 2. The Morgan fingerprint density at radius 1 is 1.00 bits per heavy atom. The molecule has 0 fully saturated rings. The number of hydrogen-bond acceptors (Lipinski definition) is 5. The third kappa shape index (κ3) is 5.76. The Bertz CT molecular complexity index is 850. The van der Waals surface area contributed by atoms with E-state index in [1.807, 2.05) is 6.07 Å². The fraction of sp³-hybridized carbons (Fsp3) is 0.158. The van der Waals surface area contributed by atoms with Crippen LogP contribution in [0.3, 0.4) is 0 Å². The predicted molar refractivity (Wildman–Crippen MR) is 98.7 cm³/mol. The molecule has 2 aromatic rings. The minimum absolute atomic E-state index is 0.139. The molecule has 2 N–H and O–H groups in total. The molecule has 0 aliphatic rings. The van der Waals surface area contributed by atoms with Crippen LogP contribution in [-0.2, 0) is 14.4 Å². The van der Waals surface area contributed by atoms with Crippen molar-refractivity contribution in [1.82, 2.24) is 0 Å². The molecule has 0 heterocycles. The number of nitrogens with zero attached hydrogens (tertiary/aromatic N) is 2. The van der Waals surface area contributed by atoms with E-state index in [9.17, 15) is 9.59 Å². The summed E-state index contributed by atoms with van der Waals surface area (Å²) in [7, 11) is 0. The van der Waals surface area contributed by atoms with Crippen molar-refractivity contribution in [3.63, 3.8) is 0 Å². The van der Waals surface area contributed by atoms with Gasteiger partial charge in [-0.1, -0.05) is 17.3 Å². The molecule has 0 aromatic heterocycles. The summed E-state index contributed by atoms with van der Waals surface area (Å²) in [6.07, 6.45) is 0. The van der Waals surface area contributed by atoms with E-state index in [-0.39, 0.29) is 18.4 Å². The molecule has 7 nitrogen and oxygen atoms in total. The van der Waals surface area contributed by atoms with Crippen LogP contribution >= 0.6 is 0 Å². The van der Waals surface area contributed by atoms with Crippen molar-refractivity contribution in [2.45, 2.75) is 13.8 Å². The van der Waals surface area contributed by atoms with E-state index in [2.05, 4.69) is 15.8 Å². The number of hydrogen-bond donors (Lipinski definition) is 2. The first-order chi connectivity index (χ1) is 12.5. The molecule has 0 aliphatic carbocycles. The summed E-state index contributed by atoms with van der Waals surface area (Å²) in [4.78, 5) is 27.9. The zero-order chi connectivity index (χ0) is 18.9. The van der Waals surface area contributed by atoms with Gasteiger partial charge in [-0.05, 0) is 48.9 Å². The Labute approximate surface area is 151 Å². The highest BCUT2D eigenvalue weighted by Crippen LogP contribution is 2.11. The first-order valence-electron chi connectivity index (χ1n) is 7.82.